The maximum Gasteiger partial charge on any atom is 0.224 e. The highest BCUT2D eigenvalue weighted by atomic mass is 28.4. The molecule has 0 radical (unpaired) electrons. The molecule has 116 valence electrons. The minimum atomic E-state index is -2.32. The summed E-state index contributed by atoms with van der Waals surface area (Å²) in [6, 6.07) is 11.7. The van der Waals surface area contributed by atoms with Crippen molar-refractivity contribution in [1.82, 2.24) is 4.90 Å². The van der Waals surface area contributed by atoms with Crippen LogP contribution >= 0.6 is 0 Å². The van der Waals surface area contributed by atoms with E-state index >= 15 is 0 Å². The Morgan fingerprint density at radius 3 is 2.29 bits per heavy atom. The van der Waals surface area contributed by atoms with Crippen LogP contribution < -0.4 is 5.19 Å². The summed E-state index contributed by atoms with van der Waals surface area (Å²) in [4.78, 5) is 14.2. The van der Waals surface area contributed by atoms with Crippen LogP contribution in [0.25, 0.3) is 0 Å². The molecule has 3 heteroatoms. The number of nitrogens with zero attached hydrogens (tertiary/aromatic N) is 1. The van der Waals surface area contributed by atoms with Gasteiger partial charge in [0.2, 0.25) is 8.32 Å². The highest BCUT2D eigenvalue weighted by Gasteiger charge is 2.43. The van der Waals surface area contributed by atoms with Gasteiger partial charge in [0.15, 0.2) is 0 Å². The molecule has 1 unspecified atom stereocenters. The molecule has 1 heterocycles. The maximum atomic E-state index is 11.6. The minimum absolute atomic E-state index is 0.588. The van der Waals surface area contributed by atoms with E-state index in [0.29, 0.717) is 5.54 Å². The molecule has 1 N–H and O–H groups in total. The van der Waals surface area contributed by atoms with Crippen molar-refractivity contribution in [3.8, 4) is 0 Å². The third-order valence-electron chi connectivity index (χ3n) is 5.56. The monoisotopic (exact) mass is 303 g/mol. The van der Waals surface area contributed by atoms with Gasteiger partial charge in [0, 0.05) is 0 Å². The van der Waals surface area contributed by atoms with Crippen molar-refractivity contribution in [2.45, 2.75) is 56.5 Å². The Bertz CT molecular complexity index is 426. The molecule has 1 aromatic carbocycles. The van der Waals surface area contributed by atoms with Crippen LogP contribution in [0.5, 0.6) is 0 Å². The first-order valence-corrected chi connectivity index (χ1v) is 11.0. The van der Waals surface area contributed by atoms with E-state index in [1.165, 1.54) is 63.2 Å². The Morgan fingerprint density at radius 2 is 1.62 bits per heavy atom. The molecule has 1 saturated carbocycles. The van der Waals surface area contributed by atoms with E-state index < -0.39 is 8.32 Å². The van der Waals surface area contributed by atoms with Crippen LogP contribution in [-0.4, -0.2) is 37.6 Å². The van der Waals surface area contributed by atoms with Crippen molar-refractivity contribution in [2.24, 2.45) is 0 Å². The third kappa shape index (κ3) is 3.58. The van der Waals surface area contributed by atoms with Gasteiger partial charge in [0.05, 0.1) is 0 Å². The lowest BCUT2D eigenvalue weighted by atomic mass is 10.1. The zero-order chi connectivity index (χ0) is 14.5. The van der Waals surface area contributed by atoms with Crippen LogP contribution in [0.4, 0.5) is 0 Å². The third-order valence-corrected chi connectivity index (χ3v) is 9.81. The molecule has 21 heavy (non-hydrogen) atoms. The average Bonchev–Trinajstić information content (AvgIpc) is 3.09. The van der Waals surface area contributed by atoms with Crippen molar-refractivity contribution in [1.29, 1.82) is 0 Å². The summed E-state index contributed by atoms with van der Waals surface area (Å²) in [5, 5.41) is 1.27. The standard InChI is InChI=1S/C18H29NOSi/c20-21(18-11-5-6-12-18,17-9-3-1-4-10-17)16-15-19-13-7-2-8-14-19/h1,3-4,9-10,18,20H,2,5-8,11-16H2. The van der Waals surface area contributed by atoms with Crippen molar-refractivity contribution in [3.63, 3.8) is 0 Å². The molecule has 0 aromatic heterocycles. The molecular weight excluding hydrogens is 274 g/mol. The van der Waals surface area contributed by atoms with Gasteiger partial charge in [-0.3, -0.25) is 0 Å². The fraction of sp³-hybridized carbons (Fsp3) is 0.667. The van der Waals surface area contributed by atoms with Crippen LogP contribution in [0.1, 0.15) is 44.9 Å². The average molecular weight is 304 g/mol. The fourth-order valence-electron chi connectivity index (χ4n) is 4.23. The zero-order valence-electron chi connectivity index (χ0n) is 13.1. The molecule has 1 saturated heterocycles. The first-order chi connectivity index (χ1) is 10.3. The molecule has 0 bridgehead atoms. The van der Waals surface area contributed by atoms with Gasteiger partial charge in [-0.25, -0.2) is 0 Å². The van der Waals surface area contributed by atoms with Crippen LogP contribution in [0, 0.1) is 0 Å². The second-order valence-electron chi connectivity index (χ2n) is 6.92. The van der Waals surface area contributed by atoms with Crippen molar-refractivity contribution in [3.05, 3.63) is 30.3 Å². The van der Waals surface area contributed by atoms with E-state index in [1.807, 2.05) is 0 Å². The molecular formula is C18H29NOSi. The van der Waals surface area contributed by atoms with Crippen molar-refractivity contribution >= 4 is 13.5 Å². The Morgan fingerprint density at radius 1 is 0.952 bits per heavy atom. The van der Waals surface area contributed by atoms with Gasteiger partial charge in [0.1, 0.15) is 0 Å². The van der Waals surface area contributed by atoms with Gasteiger partial charge in [-0.15, -0.1) is 0 Å². The van der Waals surface area contributed by atoms with Crippen LogP contribution in [0.15, 0.2) is 30.3 Å². The van der Waals surface area contributed by atoms with Gasteiger partial charge in [-0.05, 0) is 49.2 Å². The fourth-order valence-corrected chi connectivity index (χ4v) is 8.18. The number of piperidine rings is 1. The van der Waals surface area contributed by atoms with Crippen molar-refractivity contribution in [2.75, 3.05) is 19.6 Å². The predicted octanol–water partition coefficient (Wildman–Crippen LogP) is 3.26. The summed E-state index contributed by atoms with van der Waals surface area (Å²) in [6.45, 7) is 3.59. The summed E-state index contributed by atoms with van der Waals surface area (Å²) >= 11 is 0. The molecule has 3 rings (SSSR count). The first kappa shape index (κ1) is 15.3. The van der Waals surface area contributed by atoms with Gasteiger partial charge in [-0.2, -0.15) is 0 Å². The Kier molecular flexibility index (Phi) is 5.14. The quantitative estimate of drug-likeness (QED) is 0.844. The van der Waals surface area contributed by atoms with E-state index in [4.69, 9.17) is 0 Å². The van der Waals surface area contributed by atoms with Crippen LogP contribution in [-0.2, 0) is 0 Å². The largest absolute Gasteiger partial charge is 0.427 e. The number of likely N-dealkylation sites (tertiary alicyclic amines) is 1. The van der Waals surface area contributed by atoms with Crippen LogP contribution in [0.3, 0.4) is 0 Å². The molecule has 0 amide bonds. The second-order valence-corrected chi connectivity index (χ2v) is 10.7. The summed E-state index contributed by atoms with van der Waals surface area (Å²) in [7, 11) is -2.32. The number of rotatable bonds is 5. The maximum absolute atomic E-state index is 11.6. The predicted molar refractivity (Wildman–Crippen MR) is 91.4 cm³/mol. The SMILES string of the molecule is O[Si](CCN1CCCCC1)(c1ccccc1)C1CCCC1. The van der Waals surface area contributed by atoms with Crippen LogP contribution in [0.2, 0.25) is 11.6 Å². The zero-order valence-corrected chi connectivity index (χ0v) is 14.1. The van der Waals surface area contributed by atoms with Gasteiger partial charge < -0.3 is 9.70 Å². The van der Waals surface area contributed by atoms with E-state index in [0.717, 1.165) is 12.6 Å². The van der Waals surface area contributed by atoms with E-state index in [1.54, 1.807) is 0 Å². The number of hydrogen-bond acceptors (Lipinski definition) is 2. The molecule has 2 fully saturated rings. The minimum Gasteiger partial charge on any atom is -0.427 e. The molecule has 2 aliphatic rings. The molecule has 1 aliphatic heterocycles. The molecule has 1 aromatic rings. The lowest BCUT2D eigenvalue weighted by molar-refractivity contribution is 0.237. The van der Waals surface area contributed by atoms with Gasteiger partial charge in [-0.1, -0.05) is 62.4 Å². The normalized spacial score (nSPS) is 24.0. The Balaban J connectivity index is 1.72. The summed E-state index contributed by atoms with van der Waals surface area (Å²) in [5.74, 6) is 0. The molecule has 1 atom stereocenters. The summed E-state index contributed by atoms with van der Waals surface area (Å²) in [6.07, 6.45) is 9.20. The molecule has 2 nitrogen and oxygen atoms in total. The van der Waals surface area contributed by atoms with E-state index in [2.05, 4.69) is 35.2 Å². The highest BCUT2D eigenvalue weighted by molar-refractivity contribution is 6.86. The Labute approximate surface area is 130 Å². The summed E-state index contributed by atoms with van der Waals surface area (Å²) < 4.78 is 0. The second kappa shape index (κ2) is 7.08. The number of benzene rings is 1. The topological polar surface area (TPSA) is 23.5 Å². The van der Waals surface area contributed by atoms with Gasteiger partial charge >= 0.3 is 0 Å². The molecule has 0 spiro atoms. The van der Waals surface area contributed by atoms with Crippen molar-refractivity contribution < 1.29 is 4.80 Å². The Hall–Kier alpha value is -0.643. The van der Waals surface area contributed by atoms with E-state index in [9.17, 15) is 4.80 Å². The first-order valence-electron chi connectivity index (χ1n) is 8.79. The molecule has 1 aliphatic carbocycles. The number of hydrogen-bond donors (Lipinski definition) is 1. The summed E-state index contributed by atoms with van der Waals surface area (Å²) in [5.41, 5.74) is 0.588. The van der Waals surface area contributed by atoms with Gasteiger partial charge in [0.25, 0.3) is 0 Å². The van der Waals surface area contributed by atoms with E-state index in [-0.39, 0.29) is 0 Å². The highest BCUT2D eigenvalue weighted by Crippen LogP contribution is 2.39. The smallest absolute Gasteiger partial charge is 0.224 e. The lowest BCUT2D eigenvalue weighted by Gasteiger charge is -2.35. The lowest BCUT2D eigenvalue weighted by Crippen LogP contribution is -2.53.